The van der Waals surface area contributed by atoms with E-state index in [0.29, 0.717) is 0 Å². The minimum atomic E-state index is -0.465. The average molecular weight is 749 g/mol. The number of rotatable bonds is 5. The van der Waals surface area contributed by atoms with E-state index in [4.69, 9.17) is 0 Å². The lowest BCUT2D eigenvalue weighted by Gasteiger charge is -2.38. The van der Waals surface area contributed by atoms with Crippen molar-refractivity contribution in [3.05, 3.63) is 241 Å². The SMILES string of the molecule is c1ccc(N(c2ccc(-c3cc4c5c6c(cccc36)C3(c6ccccc6-c6ccccc63)c3cccc(c35)n4-c3ccccc3)cc2)c2ccc3ccccc3c2)cc1. The summed E-state index contributed by atoms with van der Waals surface area (Å²) < 4.78 is 2.50. The fourth-order valence-corrected chi connectivity index (χ4v) is 10.8. The van der Waals surface area contributed by atoms with Gasteiger partial charge >= 0.3 is 0 Å². The predicted octanol–water partition coefficient (Wildman–Crippen LogP) is 14.9. The van der Waals surface area contributed by atoms with Gasteiger partial charge in [0.2, 0.25) is 0 Å². The van der Waals surface area contributed by atoms with Gasteiger partial charge in [-0.15, -0.1) is 0 Å². The van der Waals surface area contributed by atoms with Gasteiger partial charge < -0.3 is 9.47 Å². The molecule has 0 aliphatic heterocycles. The third-order valence-electron chi connectivity index (χ3n) is 13.1. The van der Waals surface area contributed by atoms with Crippen molar-refractivity contribution in [3.8, 4) is 27.9 Å². The first-order chi connectivity index (χ1) is 29.3. The Kier molecular flexibility index (Phi) is 6.68. The molecule has 2 aliphatic carbocycles. The number of nitrogens with zero attached hydrogens (tertiary/aromatic N) is 2. The Labute approximate surface area is 342 Å². The lowest BCUT2D eigenvalue weighted by molar-refractivity contribution is 0.783. The smallest absolute Gasteiger partial charge is 0.0726 e. The van der Waals surface area contributed by atoms with Crippen molar-refractivity contribution in [3.63, 3.8) is 0 Å². The number of hydrogen-bond acceptors (Lipinski definition) is 1. The highest BCUT2D eigenvalue weighted by Crippen LogP contribution is 2.62. The van der Waals surface area contributed by atoms with Crippen LogP contribution in [-0.4, -0.2) is 4.57 Å². The van der Waals surface area contributed by atoms with Gasteiger partial charge in [0.25, 0.3) is 0 Å². The van der Waals surface area contributed by atoms with Crippen molar-refractivity contribution in [2.45, 2.75) is 5.41 Å². The number of hydrogen-bond donors (Lipinski definition) is 0. The summed E-state index contributed by atoms with van der Waals surface area (Å²) in [7, 11) is 0. The molecule has 13 rings (SSSR count). The Morgan fingerprint density at radius 2 is 0.915 bits per heavy atom. The highest BCUT2D eigenvalue weighted by atomic mass is 15.1. The van der Waals surface area contributed by atoms with Gasteiger partial charge in [-0.2, -0.15) is 0 Å². The highest BCUT2D eigenvalue weighted by molar-refractivity contribution is 6.29. The third-order valence-corrected chi connectivity index (χ3v) is 13.1. The number of para-hydroxylation sites is 2. The van der Waals surface area contributed by atoms with Gasteiger partial charge in [0, 0.05) is 33.5 Å². The summed E-state index contributed by atoms with van der Waals surface area (Å²) in [6.07, 6.45) is 0. The summed E-state index contributed by atoms with van der Waals surface area (Å²) in [4.78, 5) is 2.36. The molecule has 0 atom stereocenters. The Bertz CT molecular complexity index is 3440. The summed E-state index contributed by atoms with van der Waals surface area (Å²) in [6.45, 7) is 0. The van der Waals surface area contributed by atoms with Gasteiger partial charge in [0.05, 0.1) is 16.4 Å². The van der Waals surface area contributed by atoms with Gasteiger partial charge in [-0.25, -0.2) is 0 Å². The van der Waals surface area contributed by atoms with Gasteiger partial charge in [0.15, 0.2) is 0 Å². The summed E-state index contributed by atoms with van der Waals surface area (Å²) >= 11 is 0. The molecule has 2 aliphatic rings. The molecule has 2 heteroatoms. The van der Waals surface area contributed by atoms with Crippen LogP contribution in [0.5, 0.6) is 0 Å². The van der Waals surface area contributed by atoms with Crippen LogP contribution in [0.3, 0.4) is 0 Å². The number of fused-ring (bicyclic) bond motifs is 8. The van der Waals surface area contributed by atoms with Crippen LogP contribution in [0.1, 0.15) is 22.3 Å². The molecule has 0 saturated carbocycles. The van der Waals surface area contributed by atoms with E-state index in [2.05, 4.69) is 228 Å². The third kappa shape index (κ3) is 4.35. The van der Waals surface area contributed by atoms with Crippen LogP contribution in [-0.2, 0) is 5.41 Å². The average Bonchev–Trinajstić information content (AvgIpc) is 3.80. The van der Waals surface area contributed by atoms with Gasteiger partial charge in [-0.3, -0.25) is 0 Å². The molecular weight excluding hydrogens is 713 g/mol. The van der Waals surface area contributed by atoms with Crippen LogP contribution in [0.2, 0.25) is 0 Å². The van der Waals surface area contributed by atoms with Crippen LogP contribution in [0.4, 0.5) is 17.1 Å². The first-order valence-electron chi connectivity index (χ1n) is 20.5. The lowest BCUT2D eigenvalue weighted by Crippen LogP contribution is -2.30. The molecule has 0 bridgehead atoms. The lowest BCUT2D eigenvalue weighted by atomic mass is 9.63. The molecule has 0 N–H and O–H groups in total. The molecule has 0 amide bonds. The zero-order valence-electron chi connectivity index (χ0n) is 32.2. The molecule has 0 radical (unpaired) electrons. The first-order valence-corrected chi connectivity index (χ1v) is 20.5. The molecule has 0 saturated heterocycles. The van der Waals surface area contributed by atoms with E-state index >= 15 is 0 Å². The van der Waals surface area contributed by atoms with Crippen molar-refractivity contribution in [1.82, 2.24) is 4.57 Å². The molecule has 59 heavy (non-hydrogen) atoms. The molecule has 1 spiro atoms. The summed E-state index contributed by atoms with van der Waals surface area (Å²) in [5, 5.41) is 7.76. The minimum absolute atomic E-state index is 0.465. The van der Waals surface area contributed by atoms with Crippen molar-refractivity contribution in [2.24, 2.45) is 0 Å². The largest absolute Gasteiger partial charge is 0.310 e. The second-order valence-electron chi connectivity index (χ2n) is 16.0. The fourth-order valence-electron chi connectivity index (χ4n) is 10.8. The molecule has 1 aromatic heterocycles. The standard InChI is InChI=1S/C57H36N2/c1-3-17-40(18-4-1)58(43-34-29-37-15-7-8-16-39(37)35-43)42-32-30-38(31-33-42)47-36-53-56-54-46(47)23-13-26-50(54)57(48-24-11-9-21-44(48)45-22-10-12-25-49(45)57)51-27-14-28-52(55(51)56)59(53)41-19-5-2-6-20-41/h1-36H. The van der Waals surface area contributed by atoms with Gasteiger partial charge in [0.1, 0.15) is 0 Å². The molecule has 10 aromatic carbocycles. The zero-order valence-corrected chi connectivity index (χ0v) is 32.2. The molecule has 1 heterocycles. The highest BCUT2D eigenvalue weighted by Gasteiger charge is 2.50. The van der Waals surface area contributed by atoms with Crippen molar-refractivity contribution < 1.29 is 0 Å². The van der Waals surface area contributed by atoms with E-state index in [1.54, 1.807) is 0 Å². The van der Waals surface area contributed by atoms with E-state index in [1.165, 1.54) is 93.5 Å². The molecular formula is C57H36N2. The maximum atomic E-state index is 2.50. The van der Waals surface area contributed by atoms with Crippen molar-refractivity contribution >= 4 is 60.4 Å². The summed E-state index contributed by atoms with van der Waals surface area (Å²) in [6, 6.07) is 80.9. The maximum absolute atomic E-state index is 2.50. The Hall–Kier alpha value is -7.68. The maximum Gasteiger partial charge on any atom is 0.0726 e. The molecule has 2 nitrogen and oxygen atoms in total. The molecule has 0 unspecified atom stereocenters. The quantitative estimate of drug-likeness (QED) is 0.170. The normalized spacial score (nSPS) is 13.2. The van der Waals surface area contributed by atoms with Crippen molar-refractivity contribution in [2.75, 3.05) is 4.90 Å². The fraction of sp³-hybridized carbons (Fsp3) is 0.0175. The van der Waals surface area contributed by atoms with E-state index in [9.17, 15) is 0 Å². The number of anilines is 3. The van der Waals surface area contributed by atoms with Crippen LogP contribution in [0.25, 0.3) is 71.3 Å². The van der Waals surface area contributed by atoms with E-state index in [1.807, 2.05) is 0 Å². The molecule has 11 aromatic rings. The van der Waals surface area contributed by atoms with E-state index in [-0.39, 0.29) is 0 Å². The predicted molar refractivity (Wildman–Crippen MR) is 247 cm³/mol. The number of benzene rings is 10. The van der Waals surface area contributed by atoms with Crippen LogP contribution >= 0.6 is 0 Å². The molecule has 274 valence electrons. The van der Waals surface area contributed by atoms with Crippen LogP contribution < -0.4 is 4.90 Å². The van der Waals surface area contributed by atoms with Crippen LogP contribution in [0.15, 0.2) is 218 Å². The van der Waals surface area contributed by atoms with Crippen LogP contribution in [0, 0.1) is 0 Å². The zero-order chi connectivity index (χ0) is 38.7. The van der Waals surface area contributed by atoms with Gasteiger partial charge in [-0.05, 0) is 127 Å². The van der Waals surface area contributed by atoms with Gasteiger partial charge in [-0.1, -0.05) is 158 Å². The minimum Gasteiger partial charge on any atom is -0.310 e. The Morgan fingerprint density at radius 1 is 0.339 bits per heavy atom. The monoisotopic (exact) mass is 748 g/mol. The summed E-state index contributed by atoms with van der Waals surface area (Å²) in [5.74, 6) is 0. The topological polar surface area (TPSA) is 8.17 Å². The van der Waals surface area contributed by atoms with Crippen molar-refractivity contribution in [1.29, 1.82) is 0 Å². The van der Waals surface area contributed by atoms with E-state index < -0.39 is 5.41 Å². The Morgan fingerprint density at radius 3 is 1.66 bits per heavy atom. The second-order valence-corrected chi connectivity index (χ2v) is 16.0. The van der Waals surface area contributed by atoms with E-state index in [0.717, 1.165) is 17.1 Å². The molecule has 0 fully saturated rings. The Balaban J connectivity index is 1.10. The summed E-state index contributed by atoms with van der Waals surface area (Å²) in [5.41, 5.74) is 17.0. The first kappa shape index (κ1) is 32.4. The number of aromatic nitrogens is 1. The second kappa shape index (κ2) is 12.2.